The Morgan fingerprint density at radius 2 is 1.93 bits per heavy atom. The molecule has 0 amide bonds. The molecule has 2 atom stereocenters. The van der Waals surface area contributed by atoms with Crippen LogP contribution in [0.5, 0.6) is 0 Å². The molecule has 0 N–H and O–H groups in total. The molecule has 1 aromatic carbocycles. The second kappa shape index (κ2) is 5.03. The summed E-state index contributed by atoms with van der Waals surface area (Å²) in [5, 5.41) is 0. The van der Waals surface area contributed by atoms with E-state index >= 15 is 0 Å². The summed E-state index contributed by atoms with van der Waals surface area (Å²) in [5.74, 6) is 0. The molecule has 84 valence electrons. The lowest BCUT2D eigenvalue weighted by Gasteiger charge is -2.19. The maximum Gasteiger partial charge on any atom is 0.147 e. The van der Waals surface area contributed by atoms with Crippen LogP contribution in [0.15, 0.2) is 29.2 Å². The molecule has 0 spiro atoms. The van der Waals surface area contributed by atoms with Gasteiger partial charge in [0, 0.05) is 12.0 Å². The summed E-state index contributed by atoms with van der Waals surface area (Å²) in [4.78, 5) is 11.6. The SMILES string of the molecule is COP(=O)([O-])CS(=O)c1ccc(C)cc1. The Bertz CT molecular complexity index is 401. The van der Waals surface area contributed by atoms with E-state index in [4.69, 9.17) is 0 Å². The van der Waals surface area contributed by atoms with Crippen LogP contribution in [0.1, 0.15) is 5.56 Å². The van der Waals surface area contributed by atoms with Gasteiger partial charge in [0.1, 0.15) is 7.60 Å². The molecule has 2 unspecified atom stereocenters. The molecule has 4 nitrogen and oxygen atoms in total. The summed E-state index contributed by atoms with van der Waals surface area (Å²) in [6.07, 6.45) is 0. The summed E-state index contributed by atoms with van der Waals surface area (Å²) < 4.78 is 26.9. The lowest BCUT2D eigenvalue weighted by atomic mass is 10.2. The van der Waals surface area contributed by atoms with Crippen molar-refractivity contribution in [2.45, 2.75) is 11.8 Å². The minimum absolute atomic E-state index is 0.480. The Morgan fingerprint density at radius 3 is 2.40 bits per heavy atom. The van der Waals surface area contributed by atoms with Gasteiger partial charge in [-0.05, 0) is 19.1 Å². The highest BCUT2D eigenvalue weighted by molar-refractivity contribution is 7.92. The Balaban J connectivity index is 2.78. The smallest absolute Gasteiger partial charge is 0.147 e. The first-order valence-electron chi connectivity index (χ1n) is 4.25. The highest BCUT2D eigenvalue weighted by Gasteiger charge is 2.13. The molecule has 0 aromatic heterocycles. The molecule has 0 aliphatic carbocycles. The van der Waals surface area contributed by atoms with Crippen LogP contribution in [0.25, 0.3) is 0 Å². The van der Waals surface area contributed by atoms with Crippen LogP contribution >= 0.6 is 7.60 Å². The Morgan fingerprint density at radius 1 is 1.40 bits per heavy atom. The lowest BCUT2D eigenvalue weighted by Crippen LogP contribution is -2.10. The molecule has 0 aliphatic rings. The van der Waals surface area contributed by atoms with Gasteiger partial charge in [-0.25, -0.2) is 0 Å². The van der Waals surface area contributed by atoms with Gasteiger partial charge in [-0.2, -0.15) is 0 Å². The van der Waals surface area contributed by atoms with Crippen molar-refractivity contribution in [3.8, 4) is 0 Å². The van der Waals surface area contributed by atoms with Gasteiger partial charge >= 0.3 is 0 Å². The number of hydrogen-bond acceptors (Lipinski definition) is 4. The van der Waals surface area contributed by atoms with E-state index in [-0.39, 0.29) is 0 Å². The largest absolute Gasteiger partial charge is 0.778 e. The summed E-state index contributed by atoms with van der Waals surface area (Å²) in [6, 6.07) is 6.88. The second-order valence-corrected chi connectivity index (χ2v) is 6.86. The van der Waals surface area contributed by atoms with Crippen LogP contribution in [0, 0.1) is 6.92 Å². The Kier molecular flexibility index (Phi) is 4.22. The Hall–Kier alpha value is -0.480. The minimum atomic E-state index is -3.96. The topological polar surface area (TPSA) is 66.4 Å². The van der Waals surface area contributed by atoms with Gasteiger partial charge in [0.15, 0.2) is 0 Å². The zero-order chi connectivity index (χ0) is 11.5. The van der Waals surface area contributed by atoms with E-state index in [2.05, 4.69) is 4.52 Å². The van der Waals surface area contributed by atoms with Crippen molar-refractivity contribution in [3.05, 3.63) is 29.8 Å². The standard InChI is InChI=1S/C9H13O4PS/c1-8-3-5-9(6-4-8)15(12)7-14(10,11)13-2/h3-6H,7H2,1-2H3,(H,10,11)/p-1. The van der Waals surface area contributed by atoms with Crippen molar-refractivity contribution in [2.75, 3.05) is 12.6 Å². The molecule has 0 heterocycles. The van der Waals surface area contributed by atoms with Gasteiger partial charge in [-0.1, -0.05) is 17.7 Å². The van der Waals surface area contributed by atoms with E-state index in [0.717, 1.165) is 12.7 Å². The molecule has 0 fully saturated rings. The van der Waals surface area contributed by atoms with Crippen molar-refractivity contribution < 1.29 is 18.2 Å². The third-order valence-electron chi connectivity index (χ3n) is 1.84. The average molecular weight is 247 g/mol. The van der Waals surface area contributed by atoms with Crippen LogP contribution in [-0.4, -0.2) is 16.8 Å². The zero-order valence-electron chi connectivity index (χ0n) is 8.50. The minimum Gasteiger partial charge on any atom is -0.778 e. The zero-order valence-corrected chi connectivity index (χ0v) is 10.2. The molecule has 0 aliphatic heterocycles. The van der Waals surface area contributed by atoms with Gasteiger partial charge in [0.25, 0.3) is 0 Å². The number of benzene rings is 1. The summed E-state index contributed by atoms with van der Waals surface area (Å²) >= 11 is 0. The van der Waals surface area contributed by atoms with Crippen molar-refractivity contribution in [3.63, 3.8) is 0 Å². The fourth-order valence-corrected chi connectivity index (χ4v) is 3.57. The van der Waals surface area contributed by atoms with Gasteiger partial charge < -0.3 is 14.0 Å². The number of aryl methyl sites for hydroxylation is 1. The van der Waals surface area contributed by atoms with E-state index < -0.39 is 23.9 Å². The van der Waals surface area contributed by atoms with Crippen LogP contribution in [0.3, 0.4) is 0 Å². The van der Waals surface area contributed by atoms with Crippen molar-refractivity contribution in [1.82, 2.24) is 0 Å². The van der Waals surface area contributed by atoms with E-state index in [0.29, 0.717) is 4.90 Å². The predicted octanol–water partition coefficient (Wildman–Crippen LogP) is 1.26. The average Bonchev–Trinajstić information content (AvgIpc) is 2.18. The van der Waals surface area contributed by atoms with Crippen molar-refractivity contribution >= 4 is 18.4 Å². The molecular formula is C9H12O4PS-. The normalized spacial score (nSPS) is 17.0. The van der Waals surface area contributed by atoms with Crippen molar-refractivity contribution in [2.24, 2.45) is 0 Å². The first-order chi connectivity index (χ1) is 6.94. The molecule has 1 rings (SSSR count). The maximum atomic E-state index is 11.6. The van der Waals surface area contributed by atoms with E-state index in [1.165, 1.54) is 0 Å². The first-order valence-corrected chi connectivity index (χ1v) is 7.30. The second-order valence-electron chi connectivity index (χ2n) is 3.08. The molecule has 1 aromatic rings. The highest BCUT2D eigenvalue weighted by Crippen LogP contribution is 2.37. The van der Waals surface area contributed by atoms with Gasteiger partial charge in [-0.15, -0.1) is 0 Å². The number of rotatable bonds is 4. The monoisotopic (exact) mass is 247 g/mol. The third-order valence-corrected chi connectivity index (χ3v) is 5.39. The molecule has 0 bridgehead atoms. The molecule has 0 saturated carbocycles. The molecular weight excluding hydrogens is 235 g/mol. The van der Waals surface area contributed by atoms with E-state index in [1.54, 1.807) is 24.3 Å². The fourth-order valence-electron chi connectivity index (χ4n) is 0.961. The number of hydrogen-bond donors (Lipinski definition) is 0. The quantitative estimate of drug-likeness (QED) is 0.751. The summed E-state index contributed by atoms with van der Waals surface area (Å²) in [6.45, 7) is 1.90. The summed E-state index contributed by atoms with van der Waals surface area (Å²) in [5.41, 5.74) is 0.555. The molecule has 0 saturated heterocycles. The fraction of sp³-hybridized carbons (Fsp3) is 0.333. The van der Waals surface area contributed by atoms with E-state index in [1.807, 2.05) is 6.92 Å². The third kappa shape index (κ3) is 3.87. The summed E-state index contributed by atoms with van der Waals surface area (Å²) in [7, 11) is -4.45. The van der Waals surface area contributed by atoms with Crippen LogP contribution in [0.2, 0.25) is 0 Å². The van der Waals surface area contributed by atoms with Gasteiger partial charge in [0.05, 0.1) is 16.3 Å². The molecule has 0 radical (unpaired) electrons. The predicted molar refractivity (Wildman–Crippen MR) is 57.1 cm³/mol. The lowest BCUT2D eigenvalue weighted by molar-refractivity contribution is -0.194. The van der Waals surface area contributed by atoms with E-state index in [9.17, 15) is 13.7 Å². The van der Waals surface area contributed by atoms with Crippen LogP contribution in [0.4, 0.5) is 0 Å². The van der Waals surface area contributed by atoms with Gasteiger partial charge in [0.2, 0.25) is 0 Å². The Labute approximate surface area is 91.3 Å². The van der Waals surface area contributed by atoms with Crippen LogP contribution in [-0.2, 0) is 19.9 Å². The first kappa shape index (κ1) is 12.6. The van der Waals surface area contributed by atoms with Crippen LogP contribution < -0.4 is 4.89 Å². The molecule has 15 heavy (non-hydrogen) atoms. The highest BCUT2D eigenvalue weighted by atomic mass is 32.2. The van der Waals surface area contributed by atoms with Gasteiger partial charge in [-0.3, -0.25) is 4.21 Å². The van der Waals surface area contributed by atoms with Crippen molar-refractivity contribution in [1.29, 1.82) is 0 Å². The molecule has 6 heteroatoms. The maximum absolute atomic E-state index is 11.6.